The quantitative estimate of drug-likeness (QED) is 0.671. The standard InChI is InChI=1S/C19H20Cl3N3O2/c1-25(12-19(27)24-17-5-3-2-4-15(17)21)11-18(26)23-9-8-13-6-7-14(20)10-16(13)22/h2-7,10H,8-9,11-12H2,1H3,(H,23,26)(H,24,27). The second kappa shape index (κ2) is 10.5. The molecule has 0 saturated heterocycles. The van der Waals surface area contributed by atoms with Crippen LogP contribution in [0.2, 0.25) is 15.1 Å². The average molecular weight is 429 g/mol. The fourth-order valence-electron chi connectivity index (χ4n) is 2.42. The van der Waals surface area contributed by atoms with Crippen LogP contribution in [0.3, 0.4) is 0 Å². The number of rotatable bonds is 8. The highest BCUT2D eigenvalue weighted by atomic mass is 35.5. The lowest BCUT2D eigenvalue weighted by molar-refractivity contribution is -0.122. The van der Waals surface area contributed by atoms with Gasteiger partial charge in [0.2, 0.25) is 11.8 Å². The number of carbonyl (C=O) groups is 2. The Hall–Kier alpha value is -1.79. The summed E-state index contributed by atoms with van der Waals surface area (Å²) in [5.41, 5.74) is 1.45. The number of nitrogens with one attached hydrogen (secondary N) is 2. The summed E-state index contributed by atoms with van der Waals surface area (Å²) in [5.74, 6) is -0.417. The number of anilines is 1. The van der Waals surface area contributed by atoms with Crippen molar-refractivity contribution in [1.29, 1.82) is 0 Å². The molecule has 0 aliphatic rings. The topological polar surface area (TPSA) is 61.4 Å². The van der Waals surface area contributed by atoms with Gasteiger partial charge in [0.05, 0.1) is 23.8 Å². The van der Waals surface area contributed by atoms with E-state index in [2.05, 4.69) is 10.6 Å². The molecule has 2 N–H and O–H groups in total. The Morgan fingerprint density at radius 3 is 2.37 bits per heavy atom. The van der Waals surface area contributed by atoms with Crippen molar-refractivity contribution >= 4 is 52.3 Å². The number of carbonyl (C=O) groups excluding carboxylic acids is 2. The van der Waals surface area contributed by atoms with Crippen LogP contribution in [0.15, 0.2) is 42.5 Å². The molecule has 2 aromatic rings. The van der Waals surface area contributed by atoms with Gasteiger partial charge in [0, 0.05) is 16.6 Å². The van der Waals surface area contributed by atoms with Crippen LogP contribution in [0.5, 0.6) is 0 Å². The Morgan fingerprint density at radius 1 is 0.963 bits per heavy atom. The first-order valence-corrected chi connectivity index (χ1v) is 9.42. The molecule has 144 valence electrons. The average Bonchev–Trinajstić information content (AvgIpc) is 2.58. The summed E-state index contributed by atoms with van der Waals surface area (Å²) in [5, 5.41) is 7.14. The zero-order chi connectivity index (χ0) is 19.8. The molecule has 27 heavy (non-hydrogen) atoms. The number of amides is 2. The molecule has 0 aliphatic carbocycles. The van der Waals surface area contributed by atoms with Gasteiger partial charge in [-0.15, -0.1) is 0 Å². The van der Waals surface area contributed by atoms with Crippen molar-refractivity contribution in [2.75, 3.05) is 32.0 Å². The Bertz CT molecular complexity index is 815. The molecule has 0 bridgehead atoms. The maximum atomic E-state index is 12.1. The van der Waals surface area contributed by atoms with Gasteiger partial charge in [0.1, 0.15) is 0 Å². The molecule has 0 heterocycles. The van der Waals surface area contributed by atoms with E-state index >= 15 is 0 Å². The number of likely N-dealkylation sites (N-methyl/N-ethyl adjacent to an activating group) is 1. The highest BCUT2D eigenvalue weighted by molar-refractivity contribution is 6.35. The summed E-state index contributed by atoms with van der Waals surface area (Å²) < 4.78 is 0. The van der Waals surface area contributed by atoms with Crippen molar-refractivity contribution < 1.29 is 9.59 Å². The van der Waals surface area contributed by atoms with Crippen molar-refractivity contribution in [1.82, 2.24) is 10.2 Å². The zero-order valence-electron chi connectivity index (χ0n) is 14.8. The smallest absolute Gasteiger partial charge is 0.238 e. The van der Waals surface area contributed by atoms with Crippen LogP contribution in [0.1, 0.15) is 5.56 Å². The lowest BCUT2D eigenvalue weighted by Gasteiger charge is -2.16. The second-order valence-corrected chi connectivity index (χ2v) is 7.29. The molecule has 0 radical (unpaired) electrons. The third-order valence-electron chi connectivity index (χ3n) is 3.71. The second-order valence-electron chi connectivity index (χ2n) is 6.04. The fraction of sp³-hybridized carbons (Fsp3) is 0.263. The number of benzene rings is 2. The Balaban J connectivity index is 1.71. The third-order valence-corrected chi connectivity index (χ3v) is 4.62. The van der Waals surface area contributed by atoms with Crippen LogP contribution in [0.25, 0.3) is 0 Å². The summed E-state index contributed by atoms with van der Waals surface area (Å²) in [4.78, 5) is 25.7. The maximum absolute atomic E-state index is 12.1. The number of hydrogen-bond acceptors (Lipinski definition) is 3. The van der Waals surface area contributed by atoms with Gasteiger partial charge in [0.25, 0.3) is 0 Å². The molecular formula is C19H20Cl3N3O2. The molecule has 2 rings (SSSR count). The number of para-hydroxylation sites is 1. The molecule has 2 amide bonds. The first-order valence-electron chi connectivity index (χ1n) is 8.28. The predicted molar refractivity (Wildman–Crippen MR) is 111 cm³/mol. The van der Waals surface area contributed by atoms with Crippen molar-refractivity contribution in [2.24, 2.45) is 0 Å². The lowest BCUT2D eigenvalue weighted by atomic mass is 10.1. The van der Waals surface area contributed by atoms with Gasteiger partial charge < -0.3 is 10.6 Å². The third kappa shape index (κ3) is 7.39. The maximum Gasteiger partial charge on any atom is 0.238 e. The minimum atomic E-state index is -0.244. The van der Waals surface area contributed by atoms with Gasteiger partial charge in [-0.1, -0.05) is 53.0 Å². The molecule has 2 aromatic carbocycles. The first-order chi connectivity index (χ1) is 12.8. The monoisotopic (exact) mass is 427 g/mol. The van der Waals surface area contributed by atoms with Crippen molar-refractivity contribution in [2.45, 2.75) is 6.42 Å². The van der Waals surface area contributed by atoms with Crippen LogP contribution >= 0.6 is 34.8 Å². The van der Waals surface area contributed by atoms with E-state index in [9.17, 15) is 9.59 Å². The normalized spacial score (nSPS) is 10.7. The molecule has 0 aliphatic heterocycles. The van der Waals surface area contributed by atoms with Gasteiger partial charge in [-0.3, -0.25) is 14.5 Å². The highest BCUT2D eigenvalue weighted by Crippen LogP contribution is 2.21. The molecule has 0 atom stereocenters. The number of hydrogen-bond donors (Lipinski definition) is 2. The van der Waals surface area contributed by atoms with E-state index in [0.29, 0.717) is 33.7 Å². The van der Waals surface area contributed by atoms with E-state index < -0.39 is 0 Å². The minimum Gasteiger partial charge on any atom is -0.355 e. The minimum absolute atomic E-state index is 0.0711. The lowest BCUT2D eigenvalue weighted by Crippen LogP contribution is -2.39. The predicted octanol–water partition coefficient (Wildman–Crippen LogP) is 3.88. The van der Waals surface area contributed by atoms with Gasteiger partial charge in [0.15, 0.2) is 0 Å². The van der Waals surface area contributed by atoms with Crippen LogP contribution in [-0.4, -0.2) is 43.4 Å². The van der Waals surface area contributed by atoms with Gasteiger partial charge in [-0.25, -0.2) is 0 Å². The largest absolute Gasteiger partial charge is 0.355 e. The Morgan fingerprint density at radius 2 is 1.67 bits per heavy atom. The van der Waals surface area contributed by atoms with Gasteiger partial charge >= 0.3 is 0 Å². The summed E-state index contributed by atoms with van der Waals surface area (Å²) in [6.07, 6.45) is 0.596. The summed E-state index contributed by atoms with van der Waals surface area (Å²) >= 11 is 18.0. The van der Waals surface area contributed by atoms with Crippen molar-refractivity contribution in [3.63, 3.8) is 0 Å². The Kier molecular flexibility index (Phi) is 8.38. The van der Waals surface area contributed by atoms with Crippen LogP contribution in [0, 0.1) is 0 Å². The first kappa shape index (κ1) is 21.5. The summed E-state index contributed by atoms with van der Waals surface area (Å²) in [6.45, 7) is 0.617. The summed E-state index contributed by atoms with van der Waals surface area (Å²) in [7, 11) is 1.70. The summed E-state index contributed by atoms with van der Waals surface area (Å²) in [6, 6.07) is 12.2. The van der Waals surface area contributed by atoms with Crippen LogP contribution < -0.4 is 10.6 Å². The fourth-order valence-corrected chi connectivity index (χ4v) is 3.10. The molecular weight excluding hydrogens is 409 g/mol. The van der Waals surface area contributed by atoms with E-state index in [1.165, 1.54) is 0 Å². The SMILES string of the molecule is CN(CC(=O)NCCc1ccc(Cl)cc1Cl)CC(=O)Nc1ccccc1Cl. The number of halogens is 3. The van der Waals surface area contributed by atoms with E-state index in [1.54, 1.807) is 48.3 Å². The molecule has 0 aromatic heterocycles. The number of nitrogens with zero attached hydrogens (tertiary/aromatic N) is 1. The van der Waals surface area contributed by atoms with Crippen molar-refractivity contribution in [3.8, 4) is 0 Å². The Labute approximate surface area is 173 Å². The van der Waals surface area contributed by atoms with E-state index in [-0.39, 0.29) is 24.9 Å². The molecule has 8 heteroatoms. The van der Waals surface area contributed by atoms with Crippen molar-refractivity contribution in [3.05, 3.63) is 63.1 Å². The van der Waals surface area contributed by atoms with E-state index in [4.69, 9.17) is 34.8 Å². The van der Waals surface area contributed by atoms with Crippen LogP contribution in [-0.2, 0) is 16.0 Å². The van der Waals surface area contributed by atoms with E-state index in [1.807, 2.05) is 6.07 Å². The highest BCUT2D eigenvalue weighted by Gasteiger charge is 2.12. The van der Waals surface area contributed by atoms with Gasteiger partial charge in [-0.2, -0.15) is 0 Å². The molecule has 0 saturated carbocycles. The molecule has 0 spiro atoms. The molecule has 5 nitrogen and oxygen atoms in total. The van der Waals surface area contributed by atoms with E-state index in [0.717, 1.165) is 5.56 Å². The zero-order valence-corrected chi connectivity index (χ0v) is 17.0. The molecule has 0 fully saturated rings. The van der Waals surface area contributed by atoms with Crippen LogP contribution in [0.4, 0.5) is 5.69 Å². The molecule has 0 unspecified atom stereocenters. The van der Waals surface area contributed by atoms with Gasteiger partial charge in [-0.05, 0) is 43.3 Å².